The molecule has 0 aromatic heterocycles. The normalized spacial score (nSPS) is 12.4. The van der Waals surface area contributed by atoms with Gasteiger partial charge in [-0.25, -0.2) is 0 Å². The molecule has 1 aliphatic rings. The third kappa shape index (κ3) is 3.35. The maximum absolute atomic E-state index is 12.9. The maximum atomic E-state index is 12.9. The quantitative estimate of drug-likeness (QED) is 0.437. The van der Waals surface area contributed by atoms with Gasteiger partial charge in [0.05, 0.1) is 17.1 Å². The highest BCUT2D eigenvalue weighted by atomic mass is 35.5. The summed E-state index contributed by atoms with van der Waals surface area (Å²) in [4.78, 5) is 23.6. The van der Waals surface area contributed by atoms with Crippen LogP contribution in [0.25, 0.3) is 0 Å². The molecule has 0 fully saturated rings. The minimum atomic E-state index is -0.556. The van der Waals surface area contributed by atoms with E-state index in [9.17, 15) is 14.9 Å². The maximum Gasteiger partial charge on any atom is 0.276 e. The lowest BCUT2D eigenvalue weighted by Gasteiger charge is -2.13. The second-order valence-corrected chi connectivity index (χ2v) is 6.38. The van der Waals surface area contributed by atoms with E-state index in [-0.39, 0.29) is 35.0 Å². The molecule has 0 N–H and O–H groups in total. The second-order valence-electron chi connectivity index (χ2n) is 5.94. The number of nitro groups is 1. The van der Waals surface area contributed by atoms with Gasteiger partial charge < -0.3 is 9.47 Å². The van der Waals surface area contributed by atoms with Crippen LogP contribution in [-0.4, -0.2) is 10.7 Å². The number of para-hydroxylation sites is 1. The number of benzene rings is 3. The first kappa shape index (κ1) is 17.1. The molecule has 0 radical (unpaired) electrons. The number of nitro benzene ring substituents is 1. The van der Waals surface area contributed by atoms with Gasteiger partial charge in [-0.1, -0.05) is 29.8 Å². The molecule has 6 nitrogen and oxygen atoms in total. The number of Topliss-reactive ketones (excluding diaryl/α,β-unsaturated/α-hetero) is 1. The van der Waals surface area contributed by atoms with E-state index in [0.717, 1.165) is 0 Å². The van der Waals surface area contributed by atoms with Crippen LogP contribution in [0.2, 0.25) is 5.02 Å². The molecule has 0 aliphatic carbocycles. The van der Waals surface area contributed by atoms with Crippen LogP contribution in [0, 0.1) is 10.1 Å². The van der Waals surface area contributed by atoms with Gasteiger partial charge in [0.2, 0.25) is 0 Å². The lowest BCUT2D eigenvalue weighted by molar-refractivity contribution is -0.385. The summed E-state index contributed by atoms with van der Waals surface area (Å²) in [5, 5.41) is 11.9. The van der Waals surface area contributed by atoms with E-state index in [1.54, 1.807) is 48.5 Å². The van der Waals surface area contributed by atoms with E-state index in [0.29, 0.717) is 22.1 Å². The molecule has 0 amide bonds. The van der Waals surface area contributed by atoms with Crippen LogP contribution >= 0.6 is 11.6 Å². The number of non-ortho nitro benzene ring substituents is 1. The van der Waals surface area contributed by atoms with Crippen molar-refractivity contribution in [1.82, 2.24) is 0 Å². The van der Waals surface area contributed by atoms with Gasteiger partial charge in [0, 0.05) is 17.0 Å². The highest BCUT2D eigenvalue weighted by Crippen LogP contribution is 2.42. The van der Waals surface area contributed by atoms with Crippen LogP contribution in [0.1, 0.15) is 15.9 Å². The molecule has 0 saturated heterocycles. The minimum absolute atomic E-state index is 0.0688. The van der Waals surface area contributed by atoms with Crippen molar-refractivity contribution >= 4 is 23.1 Å². The molecule has 3 aromatic rings. The SMILES string of the molecule is O=C1Cc2ccccc2Oc2cc([N+](=O)[O-])cc(Oc3ccc(Cl)cc3)c21. The Morgan fingerprint density at radius 3 is 2.52 bits per heavy atom. The number of carbonyl (C=O) groups excluding carboxylic acids is 1. The molecule has 0 atom stereocenters. The van der Waals surface area contributed by atoms with Gasteiger partial charge in [-0.15, -0.1) is 0 Å². The van der Waals surface area contributed by atoms with E-state index >= 15 is 0 Å². The molecule has 0 bridgehead atoms. The molecule has 27 heavy (non-hydrogen) atoms. The van der Waals surface area contributed by atoms with Crippen LogP contribution in [0.15, 0.2) is 60.7 Å². The molecule has 0 saturated carbocycles. The Balaban J connectivity index is 1.85. The molecular formula is C20H12ClNO5. The van der Waals surface area contributed by atoms with Crippen molar-refractivity contribution in [2.45, 2.75) is 6.42 Å². The summed E-state index contributed by atoms with van der Waals surface area (Å²) < 4.78 is 11.6. The Morgan fingerprint density at radius 1 is 1.04 bits per heavy atom. The first-order chi connectivity index (χ1) is 13.0. The Morgan fingerprint density at radius 2 is 1.78 bits per heavy atom. The van der Waals surface area contributed by atoms with Crippen LogP contribution in [-0.2, 0) is 6.42 Å². The molecular weight excluding hydrogens is 370 g/mol. The zero-order valence-electron chi connectivity index (χ0n) is 13.8. The van der Waals surface area contributed by atoms with Crippen LogP contribution in [0.5, 0.6) is 23.0 Å². The van der Waals surface area contributed by atoms with E-state index in [2.05, 4.69) is 0 Å². The second kappa shape index (κ2) is 6.74. The van der Waals surface area contributed by atoms with Crippen LogP contribution in [0.4, 0.5) is 5.69 Å². The van der Waals surface area contributed by atoms with Crippen LogP contribution in [0.3, 0.4) is 0 Å². The summed E-state index contributed by atoms with van der Waals surface area (Å²) in [7, 11) is 0. The number of nitrogens with zero attached hydrogens (tertiary/aromatic N) is 1. The Bertz CT molecular complexity index is 1060. The number of hydrogen-bond acceptors (Lipinski definition) is 5. The molecule has 0 unspecified atom stereocenters. The van der Waals surface area contributed by atoms with Gasteiger partial charge in [0.25, 0.3) is 5.69 Å². The standard InChI is InChI=1S/C20H12ClNO5/c21-13-5-7-15(8-6-13)26-18-10-14(22(24)25)11-19-20(18)16(23)9-12-3-1-2-4-17(12)27-19/h1-8,10-11H,9H2. The van der Waals surface area contributed by atoms with Crippen molar-refractivity contribution in [1.29, 1.82) is 0 Å². The zero-order valence-corrected chi connectivity index (χ0v) is 14.6. The number of carbonyl (C=O) groups is 1. The summed E-state index contributed by atoms with van der Waals surface area (Å²) in [6.45, 7) is 0. The monoisotopic (exact) mass is 381 g/mol. The zero-order chi connectivity index (χ0) is 19.0. The highest BCUT2D eigenvalue weighted by Gasteiger charge is 2.28. The van der Waals surface area contributed by atoms with Gasteiger partial charge in [-0.2, -0.15) is 0 Å². The highest BCUT2D eigenvalue weighted by molar-refractivity contribution is 6.30. The average molecular weight is 382 g/mol. The summed E-state index contributed by atoms with van der Waals surface area (Å²) in [6.07, 6.45) is 0.109. The third-order valence-corrected chi connectivity index (χ3v) is 4.38. The Kier molecular flexibility index (Phi) is 4.25. The topological polar surface area (TPSA) is 78.7 Å². The molecule has 134 valence electrons. The van der Waals surface area contributed by atoms with Crippen LogP contribution < -0.4 is 9.47 Å². The van der Waals surface area contributed by atoms with Crippen molar-refractivity contribution < 1.29 is 19.2 Å². The molecule has 3 aromatic carbocycles. The number of ether oxygens (including phenoxy) is 2. The van der Waals surface area contributed by atoms with Crippen molar-refractivity contribution in [3.05, 3.63) is 86.9 Å². The number of rotatable bonds is 3. The van der Waals surface area contributed by atoms with Crippen molar-refractivity contribution in [2.24, 2.45) is 0 Å². The number of ketones is 1. The van der Waals surface area contributed by atoms with E-state index in [1.807, 2.05) is 0 Å². The summed E-state index contributed by atoms with van der Waals surface area (Å²) in [5.74, 6) is 0.815. The molecule has 4 rings (SSSR count). The van der Waals surface area contributed by atoms with Crippen molar-refractivity contribution in [2.75, 3.05) is 0 Å². The summed E-state index contributed by atoms with van der Waals surface area (Å²) in [5.41, 5.74) is 0.649. The number of fused-ring (bicyclic) bond motifs is 2. The van der Waals surface area contributed by atoms with Gasteiger partial charge in [0.15, 0.2) is 5.78 Å². The fourth-order valence-electron chi connectivity index (χ4n) is 2.88. The minimum Gasteiger partial charge on any atom is -0.456 e. The Hall–Kier alpha value is -3.38. The van der Waals surface area contributed by atoms with Gasteiger partial charge in [0.1, 0.15) is 28.6 Å². The fourth-order valence-corrected chi connectivity index (χ4v) is 3.00. The molecule has 7 heteroatoms. The van der Waals surface area contributed by atoms with E-state index < -0.39 is 4.92 Å². The smallest absolute Gasteiger partial charge is 0.276 e. The third-order valence-electron chi connectivity index (χ3n) is 4.13. The largest absolute Gasteiger partial charge is 0.456 e. The van der Waals surface area contributed by atoms with E-state index in [4.69, 9.17) is 21.1 Å². The lowest BCUT2D eigenvalue weighted by atomic mass is 10.0. The Labute approximate surface area is 159 Å². The average Bonchev–Trinajstić information content (AvgIpc) is 2.79. The fraction of sp³-hybridized carbons (Fsp3) is 0.0500. The molecule has 1 heterocycles. The predicted molar refractivity (Wildman–Crippen MR) is 99.2 cm³/mol. The van der Waals surface area contributed by atoms with Gasteiger partial charge in [-0.3, -0.25) is 14.9 Å². The van der Waals surface area contributed by atoms with Gasteiger partial charge >= 0.3 is 0 Å². The first-order valence-electron chi connectivity index (χ1n) is 8.06. The number of halogens is 1. The lowest BCUT2D eigenvalue weighted by Crippen LogP contribution is -2.05. The van der Waals surface area contributed by atoms with Gasteiger partial charge in [-0.05, 0) is 30.3 Å². The number of hydrogen-bond donors (Lipinski definition) is 0. The summed E-state index contributed by atoms with van der Waals surface area (Å²) in [6, 6.07) is 16.0. The predicted octanol–water partition coefficient (Wildman–Crippen LogP) is 5.57. The first-order valence-corrected chi connectivity index (χ1v) is 8.44. The van der Waals surface area contributed by atoms with E-state index in [1.165, 1.54) is 12.1 Å². The van der Waals surface area contributed by atoms with Crippen molar-refractivity contribution in [3.63, 3.8) is 0 Å². The summed E-state index contributed by atoms with van der Waals surface area (Å²) >= 11 is 5.87. The molecule has 1 aliphatic heterocycles. The molecule has 0 spiro atoms. The van der Waals surface area contributed by atoms with Crippen molar-refractivity contribution in [3.8, 4) is 23.0 Å².